The lowest BCUT2D eigenvalue weighted by Gasteiger charge is -2.22. The van der Waals surface area contributed by atoms with Gasteiger partial charge in [-0.3, -0.25) is 4.98 Å². The van der Waals surface area contributed by atoms with Crippen molar-refractivity contribution in [3.63, 3.8) is 0 Å². The Morgan fingerprint density at radius 3 is 2.27 bits per heavy atom. The molecule has 0 saturated carbocycles. The molecule has 2 N–H and O–H groups in total. The van der Waals surface area contributed by atoms with Crippen molar-refractivity contribution in [1.82, 2.24) is 15.0 Å². The second-order valence-corrected chi connectivity index (χ2v) is 10.4. The predicted octanol–water partition coefficient (Wildman–Crippen LogP) is 5.59. The van der Waals surface area contributed by atoms with E-state index < -0.39 is 45.4 Å². The van der Waals surface area contributed by atoms with Gasteiger partial charge in [-0.25, -0.2) is 35.5 Å². The van der Waals surface area contributed by atoms with Crippen molar-refractivity contribution in [2.45, 2.75) is 24.3 Å². The number of aryl methyl sites for hydroxylation is 1. The minimum Gasteiger partial charge on any atom is -0.493 e. The van der Waals surface area contributed by atoms with Gasteiger partial charge in [0.1, 0.15) is 17.5 Å². The number of carbonyl (C=O) groups is 1. The monoisotopic (exact) mass is 573 g/mol. The van der Waals surface area contributed by atoms with Crippen molar-refractivity contribution in [1.29, 1.82) is 0 Å². The summed E-state index contributed by atoms with van der Waals surface area (Å²) < 4.78 is 89.6. The van der Waals surface area contributed by atoms with Crippen molar-refractivity contribution in [2.24, 2.45) is 0 Å². The van der Waals surface area contributed by atoms with Crippen molar-refractivity contribution in [3.8, 4) is 16.9 Å². The van der Waals surface area contributed by atoms with E-state index in [9.17, 15) is 30.8 Å². The smallest absolute Gasteiger partial charge is 0.329 e. The number of urea groups is 1. The number of methoxy groups -OCH3 is 1. The molecule has 7 nitrogen and oxygen atoms in total. The van der Waals surface area contributed by atoms with E-state index in [-0.39, 0.29) is 39.5 Å². The van der Waals surface area contributed by atoms with E-state index in [2.05, 4.69) is 10.3 Å². The summed E-state index contributed by atoms with van der Waals surface area (Å²) in [6.45, 7) is 1.56. The Labute approximate surface area is 227 Å². The van der Waals surface area contributed by atoms with Crippen LogP contribution in [0.25, 0.3) is 11.1 Å². The number of sulfonamides is 1. The lowest BCUT2D eigenvalue weighted by atomic mass is 9.95. The molecule has 4 aromatic rings. The third-order valence-electron chi connectivity index (χ3n) is 5.95. The number of carbonyl (C=O) groups excluding carboxylic acids is 1. The van der Waals surface area contributed by atoms with Crippen LogP contribution in [0, 0.1) is 30.2 Å². The molecule has 12 heteroatoms. The molecule has 0 saturated heterocycles. The number of rotatable bonds is 8. The molecule has 3 aromatic carbocycles. The molecule has 0 aliphatic rings. The van der Waals surface area contributed by atoms with Crippen LogP contribution in [0.15, 0.2) is 77.8 Å². The molecule has 1 atom stereocenters. The van der Waals surface area contributed by atoms with E-state index in [1.807, 2.05) is 4.72 Å². The van der Waals surface area contributed by atoms with Gasteiger partial charge in [0.15, 0.2) is 11.6 Å². The van der Waals surface area contributed by atoms with Gasteiger partial charge in [-0.1, -0.05) is 24.3 Å². The zero-order chi connectivity index (χ0) is 29.0. The zero-order valence-electron chi connectivity index (χ0n) is 21.2. The lowest BCUT2D eigenvalue weighted by Crippen LogP contribution is -2.42. The summed E-state index contributed by atoms with van der Waals surface area (Å²) in [7, 11) is -3.12. The summed E-state index contributed by atoms with van der Waals surface area (Å²) in [4.78, 5) is 17.1. The molecule has 208 valence electrons. The Hall–Kier alpha value is -4.45. The number of amides is 2. The second-order valence-electron chi connectivity index (χ2n) is 8.78. The van der Waals surface area contributed by atoms with Gasteiger partial charge in [0.05, 0.1) is 23.7 Å². The fraction of sp³-hybridized carbons (Fsp3) is 0.143. The number of ether oxygens (including phenoxy) is 1. The summed E-state index contributed by atoms with van der Waals surface area (Å²) in [5.74, 6) is -3.98. The first-order valence-electron chi connectivity index (χ1n) is 11.8. The second kappa shape index (κ2) is 11.7. The number of nitrogens with zero attached hydrogens (tertiary/aromatic N) is 1. The highest BCUT2D eigenvalue weighted by Crippen LogP contribution is 2.37. The van der Waals surface area contributed by atoms with Crippen LogP contribution in [-0.2, 0) is 16.4 Å². The average molecular weight is 574 g/mol. The molecule has 2 amide bonds. The highest BCUT2D eigenvalue weighted by Gasteiger charge is 2.26. The number of nitrogens with one attached hydrogen (secondary N) is 2. The minimum absolute atomic E-state index is 0.0268. The van der Waals surface area contributed by atoms with Crippen LogP contribution < -0.4 is 14.8 Å². The van der Waals surface area contributed by atoms with Crippen LogP contribution in [0.5, 0.6) is 5.75 Å². The molecule has 0 aliphatic heterocycles. The highest BCUT2D eigenvalue weighted by molar-refractivity contribution is 7.90. The summed E-state index contributed by atoms with van der Waals surface area (Å²) in [5, 5.41) is 2.48. The number of halogens is 4. The highest BCUT2D eigenvalue weighted by atomic mass is 32.2. The van der Waals surface area contributed by atoms with Crippen molar-refractivity contribution in [3.05, 3.63) is 113 Å². The van der Waals surface area contributed by atoms with Gasteiger partial charge in [0.2, 0.25) is 0 Å². The molecule has 1 heterocycles. The first-order valence-corrected chi connectivity index (χ1v) is 13.3. The maximum absolute atomic E-state index is 14.5. The molecule has 0 radical (unpaired) electrons. The largest absolute Gasteiger partial charge is 0.493 e. The number of aromatic nitrogens is 1. The van der Waals surface area contributed by atoms with E-state index >= 15 is 0 Å². The molecular weight excluding hydrogens is 550 g/mol. The van der Waals surface area contributed by atoms with E-state index in [4.69, 9.17) is 4.74 Å². The van der Waals surface area contributed by atoms with Crippen LogP contribution in [0.3, 0.4) is 0 Å². The van der Waals surface area contributed by atoms with Crippen molar-refractivity contribution >= 4 is 16.1 Å². The van der Waals surface area contributed by atoms with Gasteiger partial charge in [0.25, 0.3) is 10.0 Å². The SMILES string of the molecule is COc1c(F)cc(F)cc1-c1cccnc1[C@H](Cc1cc(F)cc(F)c1)NC(=O)NS(=O)(=O)c1ccccc1C. The topological polar surface area (TPSA) is 97.4 Å². The van der Waals surface area contributed by atoms with Crippen LogP contribution >= 0.6 is 0 Å². The van der Waals surface area contributed by atoms with Gasteiger partial charge in [-0.15, -0.1) is 0 Å². The molecule has 40 heavy (non-hydrogen) atoms. The van der Waals surface area contributed by atoms with E-state index in [1.165, 1.54) is 37.6 Å². The van der Waals surface area contributed by atoms with Crippen LogP contribution in [-0.4, -0.2) is 26.5 Å². The fourth-order valence-electron chi connectivity index (χ4n) is 4.29. The number of pyridine rings is 1. The third kappa shape index (κ3) is 6.40. The molecule has 0 fully saturated rings. The minimum atomic E-state index is -4.31. The summed E-state index contributed by atoms with van der Waals surface area (Å²) in [6.07, 6.45) is 1.07. The van der Waals surface area contributed by atoms with Gasteiger partial charge in [-0.2, -0.15) is 0 Å². The van der Waals surface area contributed by atoms with E-state index in [0.717, 1.165) is 18.2 Å². The maximum atomic E-state index is 14.5. The Morgan fingerprint density at radius 2 is 1.60 bits per heavy atom. The Kier molecular flexibility index (Phi) is 8.38. The fourth-order valence-corrected chi connectivity index (χ4v) is 5.46. The first-order chi connectivity index (χ1) is 19.0. The van der Waals surface area contributed by atoms with Gasteiger partial charge >= 0.3 is 6.03 Å². The third-order valence-corrected chi connectivity index (χ3v) is 7.44. The maximum Gasteiger partial charge on any atom is 0.329 e. The van der Waals surface area contributed by atoms with Crippen LogP contribution in [0.4, 0.5) is 22.4 Å². The van der Waals surface area contributed by atoms with Gasteiger partial charge < -0.3 is 10.1 Å². The number of hydrogen-bond acceptors (Lipinski definition) is 5. The van der Waals surface area contributed by atoms with Crippen molar-refractivity contribution in [2.75, 3.05) is 7.11 Å². The Bertz CT molecular complexity index is 1660. The summed E-state index contributed by atoms with van der Waals surface area (Å²) in [5.41, 5.74) is 0.592. The lowest BCUT2D eigenvalue weighted by molar-refractivity contribution is 0.241. The van der Waals surface area contributed by atoms with E-state index in [1.54, 1.807) is 19.1 Å². The molecule has 0 aliphatic carbocycles. The molecule has 0 unspecified atom stereocenters. The standard InChI is InChI=1S/C28H23F4N3O4S/c1-16-6-3-4-8-25(16)40(37,38)35-28(36)34-24(12-17-10-18(29)13-19(30)11-17)26-21(7-5-9-33-26)22-14-20(31)15-23(32)27(22)39-2/h3-11,13-15,24H,12H2,1-2H3,(H2,34,35,36)/t24-/m0/s1. The van der Waals surface area contributed by atoms with E-state index in [0.29, 0.717) is 17.7 Å². The first kappa shape index (κ1) is 28.6. The Balaban J connectivity index is 1.78. The van der Waals surface area contributed by atoms with Gasteiger partial charge in [-0.05, 0) is 54.8 Å². The Morgan fingerprint density at radius 1 is 0.925 bits per heavy atom. The number of hydrogen-bond donors (Lipinski definition) is 2. The molecular formula is C28H23F4N3O4S. The molecule has 1 aromatic heterocycles. The summed E-state index contributed by atoms with van der Waals surface area (Å²) in [6, 6.07) is 10.9. The molecule has 4 rings (SSSR count). The molecule has 0 spiro atoms. The van der Waals surface area contributed by atoms with Crippen LogP contribution in [0.2, 0.25) is 0 Å². The quantitative estimate of drug-likeness (QED) is 0.268. The number of benzene rings is 3. The predicted molar refractivity (Wildman–Crippen MR) is 139 cm³/mol. The summed E-state index contributed by atoms with van der Waals surface area (Å²) >= 11 is 0. The van der Waals surface area contributed by atoms with Crippen LogP contribution in [0.1, 0.15) is 22.9 Å². The van der Waals surface area contributed by atoms with Crippen molar-refractivity contribution < 1.29 is 35.5 Å². The zero-order valence-corrected chi connectivity index (χ0v) is 22.0. The van der Waals surface area contributed by atoms with Gasteiger partial charge in [0, 0.05) is 29.5 Å². The molecule has 0 bridgehead atoms. The average Bonchev–Trinajstić information content (AvgIpc) is 2.87. The normalized spacial score (nSPS) is 12.1.